The first-order valence-corrected chi connectivity index (χ1v) is 7.85. The van der Waals surface area contributed by atoms with Crippen LogP contribution >= 0.6 is 0 Å². The van der Waals surface area contributed by atoms with E-state index >= 15 is 0 Å². The number of hydrogen-bond acceptors (Lipinski definition) is 2. The molecule has 1 aromatic rings. The largest absolute Gasteiger partial charge is 0.434 e. The topological polar surface area (TPSA) is 59.6 Å². The molecule has 0 saturated heterocycles. The van der Waals surface area contributed by atoms with E-state index < -0.39 is 12.4 Å². The zero-order chi connectivity index (χ0) is 16.7. The van der Waals surface area contributed by atoms with Crippen molar-refractivity contribution in [2.24, 2.45) is 10.7 Å². The van der Waals surface area contributed by atoms with Crippen molar-refractivity contribution in [3.63, 3.8) is 0 Å². The quantitative estimate of drug-likeness (QED) is 0.493. The van der Waals surface area contributed by atoms with Gasteiger partial charge in [0.2, 0.25) is 0 Å². The number of benzene rings is 1. The Hall–Kier alpha value is -1.92. The second-order valence-corrected chi connectivity index (χ2v) is 5.63. The van der Waals surface area contributed by atoms with Gasteiger partial charge in [-0.3, -0.25) is 0 Å². The fraction of sp³-hybridized carbons (Fsp3) is 0.562. The minimum absolute atomic E-state index is 0.0292. The molecule has 0 heterocycles. The summed E-state index contributed by atoms with van der Waals surface area (Å²) in [5.74, 6) is -0.664. The van der Waals surface area contributed by atoms with Gasteiger partial charge in [-0.05, 0) is 25.0 Å². The molecule has 1 saturated carbocycles. The van der Waals surface area contributed by atoms with Crippen molar-refractivity contribution in [2.75, 3.05) is 0 Å². The smallest absolute Gasteiger partial charge is 0.387 e. The van der Waals surface area contributed by atoms with E-state index in [1.54, 1.807) is 0 Å². The Kier molecular flexibility index (Phi) is 6.55. The summed E-state index contributed by atoms with van der Waals surface area (Å²) in [7, 11) is 0. The number of nitrogens with one attached hydrogen (secondary N) is 1. The molecule has 0 radical (unpaired) electrons. The van der Waals surface area contributed by atoms with Crippen LogP contribution in [0.2, 0.25) is 0 Å². The van der Waals surface area contributed by atoms with E-state index in [1.165, 1.54) is 31.0 Å². The first-order chi connectivity index (χ1) is 11.1. The van der Waals surface area contributed by atoms with Gasteiger partial charge < -0.3 is 15.8 Å². The van der Waals surface area contributed by atoms with Gasteiger partial charge in [-0.25, -0.2) is 9.38 Å². The standard InChI is InChI=1S/C16H22F3N3O/c17-13-8-5-9-14(23-15(18)19)12(13)10-21-16(20)22-11-6-3-1-2-4-7-11/h5,8-9,11,15H,1-4,6-7,10H2,(H3,20,21,22). The molecule has 3 N–H and O–H groups in total. The van der Waals surface area contributed by atoms with Crippen LogP contribution < -0.4 is 15.8 Å². The summed E-state index contributed by atoms with van der Waals surface area (Å²) in [6.45, 7) is -3.17. The van der Waals surface area contributed by atoms with Crippen LogP contribution in [-0.2, 0) is 6.54 Å². The van der Waals surface area contributed by atoms with E-state index in [2.05, 4.69) is 15.0 Å². The molecular formula is C16H22F3N3O. The van der Waals surface area contributed by atoms with E-state index in [0.717, 1.165) is 25.7 Å². The van der Waals surface area contributed by atoms with Crippen LogP contribution in [0.25, 0.3) is 0 Å². The average molecular weight is 329 g/mol. The van der Waals surface area contributed by atoms with Gasteiger partial charge in [-0.15, -0.1) is 0 Å². The van der Waals surface area contributed by atoms with E-state index in [9.17, 15) is 13.2 Å². The summed E-state index contributed by atoms with van der Waals surface area (Å²) < 4.78 is 42.9. The van der Waals surface area contributed by atoms with Crippen LogP contribution in [-0.4, -0.2) is 18.6 Å². The molecular weight excluding hydrogens is 307 g/mol. The maximum absolute atomic E-state index is 13.8. The molecule has 4 nitrogen and oxygen atoms in total. The molecule has 0 spiro atoms. The first-order valence-electron chi connectivity index (χ1n) is 7.85. The van der Waals surface area contributed by atoms with Gasteiger partial charge in [0.25, 0.3) is 0 Å². The molecule has 0 unspecified atom stereocenters. The predicted octanol–water partition coefficient (Wildman–Crippen LogP) is 3.55. The third-order valence-corrected chi connectivity index (χ3v) is 3.91. The van der Waals surface area contributed by atoms with Crippen LogP contribution in [0.15, 0.2) is 23.2 Å². The van der Waals surface area contributed by atoms with Crippen LogP contribution in [0.1, 0.15) is 44.1 Å². The molecule has 0 amide bonds. The zero-order valence-corrected chi connectivity index (χ0v) is 12.9. The molecule has 2 rings (SSSR count). The van der Waals surface area contributed by atoms with Crippen LogP contribution in [0.5, 0.6) is 5.75 Å². The Labute approximate surface area is 133 Å². The van der Waals surface area contributed by atoms with Crippen molar-refractivity contribution < 1.29 is 17.9 Å². The van der Waals surface area contributed by atoms with Gasteiger partial charge in [0.1, 0.15) is 11.6 Å². The maximum atomic E-state index is 13.8. The summed E-state index contributed by atoms with van der Waals surface area (Å²) in [5, 5.41) is 3.13. The lowest BCUT2D eigenvalue weighted by Gasteiger charge is -2.17. The Morgan fingerprint density at radius 2 is 1.96 bits per heavy atom. The highest BCUT2D eigenvalue weighted by Crippen LogP contribution is 2.24. The van der Waals surface area contributed by atoms with Gasteiger partial charge in [-0.1, -0.05) is 31.7 Å². The van der Waals surface area contributed by atoms with E-state index in [0.29, 0.717) is 0 Å². The van der Waals surface area contributed by atoms with Gasteiger partial charge in [0.15, 0.2) is 5.96 Å². The van der Waals surface area contributed by atoms with Gasteiger partial charge in [0.05, 0.1) is 12.1 Å². The van der Waals surface area contributed by atoms with Crippen molar-refractivity contribution in [3.05, 3.63) is 29.6 Å². The third kappa shape index (κ3) is 5.65. The Morgan fingerprint density at radius 3 is 2.61 bits per heavy atom. The molecule has 128 valence electrons. The second-order valence-electron chi connectivity index (χ2n) is 5.63. The number of aliphatic imine (C=N–C) groups is 1. The normalized spacial score (nSPS) is 17.1. The number of nitrogens with two attached hydrogens (primary N) is 1. The highest BCUT2D eigenvalue weighted by atomic mass is 19.3. The third-order valence-electron chi connectivity index (χ3n) is 3.91. The van der Waals surface area contributed by atoms with Gasteiger partial charge >= 0.3 is 6.61 Å². The molecule has 7 heteroatoms. The molecule has 1 fully saturated rings. The van der Waals surface area contributed by atoms with Gasteiger partial charge in [-0.2, -0.15) is 8.78 Å². The lowest BCUT2D eigenvalue weighted by molar-refractivity contribution is -0.0506. The molecule has 1 aromatic carbocycles. The SMILES string of the molecule is NC(=NCc1c(F)cccc1OC(F)F)NC1CCCCCC1. The Balaban J connectivity index is 2.00. The molecule has 0 bridgehead atoms. The van der Waals surface area contributed by atoms with Crippen LogP contribution in [0.3, 0.4) is 0 Å². The molecule has 1 aliphatic carbocycles. The van der Waals surface area contributed by atoms with Crippen LogP contribution in [0.4, 0.5) is 13.2 Å². The van der Waals surface area contributed by atoms with Crippen molar-refractivity contribution in [1.29, 1.82) is 0 Å². The lowest BCUT2D eigenvalue weighted by atomic mass is 10.1. The second kappa shape index (κ2) is 8.64. The summed E-state index contributed by atoms with van der Waals surface area (Å²) in [4.78, 5) is 4.07. The summed E-state index contributed by atoms with van der Waals surface area (Å²) in [6, 6.07) is 4.04. The number of ether oxygens (including phenoxy) is 1. The molecule has 23 heavy (non-hydrogen) atoms. The van der Waals surface area contributed by atoms with Crippen LogP contribution in [0, 0.1) is 5.82 Å². The predicted molar refractivity (Wildman–Crippen MR) is 83.0 cm³/mol. The number of rotatable bonds is 5. The monoisotopic (exact) mass is 329 g/mol. The molecule has 0 aromatic heterocycles. The number of hydrogen-bond donors (Lipinski definition) is 2. The van der Waals surface area contributed by atoms with E-state index in [4.69, 9.17) is 5.73 Å². The zero-order valence-electron chi connectivity index (χ0n) is 12.9. The fourth-order valence-corrected chi connectivity index (χ4v) is 2.74. The van der Waals surface area contributed by atoms with Crippen molar-refractivity contribution in [2.45, 2.75) is 57.7 Å². The average Bonchev–Trinajstić information content (AvgIpc) is 2.74. The number of nitrogens with zero attached hydrogens (tertiary/aromatic N) is 1. The molecule has 0 aliphatic heterocycles. The van der Waals surface area contributed by atoms with Crippen molar-refractivity contribution >= 4 is 5.96 Å². The van der Waals surface area contributed by atoms with Gasteiger partial charge in [0, 0.05) is 6.04 Å². The minimum Gasteiger partial charge on any atom is -0.434 e. The van der Waals surface area contributed by atoms with E-state index in [-0.39, 0.29) is 29.9 Å². The Bertz CT molecular complexity index is 529. The lowest BCUT2D eigenvalue weighted by Crippen LogP contribution is -2.39. The van der Waals surface area contributed by atoms with Crippen molar-refractivity contribution in [1.82, 2.24) is 5.32 Å². The maximum Gasteiger partial charge on any atom is 0.387 e. The molecule has 0 atom stereocenters. The van der Waals surface area contributed by atoms with E-state index in [1.807, 2.05) is 0 Å². The highest BCUT2D eigenvalue weighted by molar-refractivity contribution is 5.78. The number of halogens is 3. The molecule has 1 aliphatic rings. The number of guanidine groups is 1. The summed E-state index contributed by atoms with van der Waals surface area (Å²) >= 11 is 0. The summed E-state index contributed by atoms with van der Waals surface area (Å²) in [6.07, 6.45) is 6.78. The minimum atomic E-state index is -3.01. The number of alkyl halides is 2. The summed E-state index contributed by atoms with van der Waals surface area (Å²) in [5.41, 5.74) is 5.80. The van der Waals surface area contributed by atoms with Crippen molar-refractivity contribution in [3.8, 4) is 5.75 Å². The highest BCUT2D eigenvalue weighted by Gasteiger charge is 2.15. The Morgan fingerprint density at radius 1 is 1.26 bits per heavy atom. The fourth-order valence-electron chi connectivity index (χ4n) is 2.74. The first kappa shape index (κ1) is 17.4.